The van der Waals surface area contributed by atoms with Gasteiger partial charge < -0.3 is 4.90 Å². The zero-order chi connectivity index (χ0) is 16.9. The second kappa shape index (κ2) is 5.75. The average molecular weight is 320 g/mol. The molecule has 0 aromatic rings. The molecule has 1 nitrogen and oxygen atoms in total. The lowest BCUT2D eigenvalue weighted by Crippen LogP contribution is -2.53. The summed E-state index contributed by atoms with van der Waals surface area (Å²) in [4.78, 5) is 2.81. The molecule has 2 atom stereocenters. The summed E-state index contributed by atoms with van der Waals surface area (Å²) in [6.45, 7) is 19.1. The number of fused-ring (bicyclic) bond motifs is 4. The summed E-state index contributed by atoms with van der Waals surface area (Å²) in [5.41, 5.74) is 2.40. The van der Waals surface area contributed by atoms with Gasteiger partial charge in [-0.15, -0.1) is 0 Å². The lowest BCUT2D eigenvalue weighted by Gasteiger charge is -2.61. The highest BCUT2D eigenvalue weighted by molar-refractivity contribution is 5.06. The molecule has 2 unspecified atom stereocenters. The minimum Gasteiger partial charge on any atom is -0.302 e. The van der Waals surface area contributed by atoms with E-state index in [0.717, 1.165) is 5.92 Å². The SMILES string of the molecule is CC[C@]12CC(C)CC(C)(CN3CCCC(C)(C)C3)C[C@@](C)(C1)C2. The zero-order valence-corrected chi connectivity index (χ0v) is 16.8. The Labute approximate surface area is 145 Å². The molecule has 0 spiro atoms. The first-order chi connectivity index (χ1) is 10.6. The maximum atomic E-state index is 2.81. The molecule has 0 N–H and O–H groups in total. The monoisotopic (exact) mass is 319 g/mol. The molecule has 1 heteroatoms. The van der Waals surface area contributed by atoms with Gasteiger partial charge in [-0.3, -0.25) is 0 Å². The quantitative estimate of drug-likeness (QED) is 0.604. The van der Waals surface area contributed by atoms with E-state index in [1.54, 1.807) is 0 Å². The highest BCUT2D eigenvalue weighted by atomic mass is 15.1. The normalized spacial score (nSPS) is 47.5. The predicted molar refractivity (Wildman–Crippen MR) is 101 cm³/mol. The van der Waals surface area contributed by atoms with Crippen LogP contribution in [-0.2, 0) is 0 Å². The number of hydrogen-bond acceptors (Lipinski definition) is 1. The Morgan fingerprint density at radius 1 is 1.00 bits per heavy atom. The Bertz CT molecular complexity index is 426. The molecule has 0 amide bonds. The molecule has 134 valence electrons. The summed E-state index contributed by atoms with van der Waals surface area (Å²) in [6.07, 6.45) is 11.6. The molecule has 4 fully saturated rings. The van der Waals surface area contributed by atoms with Gasteiger partial charge in [-0.25, -0.2) is 0 Å². The molecule has 1 aliphatic heterocycles. The van der Waals surface area contributed by atoms with Crippen LogP contribution >= 0.6 is 0 Å². The van der Waals surface area contributed by atoms with Crippen LogP contribution in [0.3, 0.4) is 0 Å². The number of nitrogens with zero attached hydrogens (tertiary/aromatic N) is 1. The van der Waals surface area contributed by atoms with Crippen LogP contribution in [0.25, 0.3) is 0 Å². The van der Waals surface area contributed by atoms with Gasteiger partial charge in [0.2, 0.25) is 0 Å². The van der Waals surface area contributed by atoms with E-state index in [9.17, 15) is 0 Å². The highest BCUT2D eigenvalue weighted by Gasteiger charge is 2.55. The van der Waals surface area contributed by atoms with Crippen molar-refractivity contribution >= 4 is 0 Å². The van der Waals surface area contributed by atoms with E-state index in [4.69, 9.17) is 0 Å². The van der Waals surface area contributed by atoms with Gasteiger partial charge in [0.1, 0.15) is 0 Å². The standard InChI is InChI=1S/C22H41N/c1-7-22-12-18(2)11-20(5,13-21(6,14-22)15-22)17-23-10-8-9-19(3,4)16-23/h18H,7-17H2,1-6H3/t18?,20?,21-,22-. The van der Waals surface area contributed by atoms with Crippen LogP contribution in [0.1, 0.15) is 92.9 Å². The van der Waals surface area contributed by atoms with Crippen molar-refractivity contribution in [2.75, 3.05) is 19.6 Å². The summed E-state index contributed by atoms with van der Waals surface area (Å²) in [7, 11) is 0. The van der Waals surface area contributed by atoms with Crippen LogP contribution < -0.4 is 0 Å². The first kappa shape index (κ1) is 17.8. The lowest BCUT2D eigenvalue weighted by molar-refractivity contribution is -0.107. The highest BCUT2D eigenvalue weighted by Crippen LogP contribution is 2.65. The molecule has 4 aliphatic rings. The third-order valence-electron chi connectivity index (χ3n) is 7.41. The van der Waals surface area contributed by atoms with Gasteiger partial charge in [-0.2, -0.15) is 0 Å². The summed E-state index contributed by atoms with van der Waals surface area (Å²) in [5.74, 6) is 0.905. The van der Waals surface area contributed by atoms with Crippen molar-refractivity contribution in [3.05, 3.63) is 0 Å². The zero-order valence-electron chi connectivity index (χ0n) is 16.8. The molecule has 4 rings (SSSR count). The van der Waals surface area contributed by atoms with Crippen molar-refractivity contribution in [3.63, 3.8) is 0 Å². The van der Waals surface area contributed by atoms with Crippen LogP contribution in [0.2, 0.25) is 0 Å². The number of likely N-dealkylation sites (tertiary alicyclic amines) is 1. The molecule has 0 aromatic heterocycles. The average Bonchev–Trinajstić information content (AvgIpc) is 2.32. The molecular formula is C22H41N. The maximum Gasteiger partial charge on any atom is 0.00359 e. The molecule has 0 aromatic carbocycles. The molecule has 0 radical (unpaired) electrons. The number of rotatable bonds is 3. The first-order valence-corrected chi connectivity index (χ1v) is 10.3. The van der Waals surface area contributed by atoms with E-state index >= 15 is 0 Å². The fraction of sp³-hybridized carbons (Fsp3) is 1.00. The third-order valence-corrected chi connectivity index (χ3v) is 7.41. The predicted octanol–water partition coefficient (Wildman–Crippen LogP) is 6.13. The van der Waals surface area contributed by atoms with E-state index in [0.29, 0.717) is 21.7 Å². The molecule has 3 saturated carbocycles. The van der Waals surface area contributed by atoms with E-state index in [2.05, 4.69) is 46.4 Å². The van der Waals surface area contributed by atoms with Gasteiger partial charge in [-0.05, 0) is 79.1 Å². The van der Waals surface area contributed by atoms with Gasteiger partial charge in [0.25, 0.3) is 0 Å². The van der Waals surface area contributed by atoms with Gasteiger partial charge in [0.05, 0.1) is 0 Å². The van der Waals surface area contributed by atoms with E-state index in [-0.39, 0.29) is 0 Å². The smallest absolute Gasteiger partial charge is 0.00359 e. The van der Waals surface area contributed by atoms with E-state index in [1.165, 1.54) is 71.0 Å². The Morgan fingerprint density at radius 2 is 1.70 bits per heavy atom. The molecule has 1 saturated heterocycles. The van der Waals surface area contributed by atoms with Gasteiger partial charge >= 0.3 is 0 Å². The summed E-state index contributed by atoms with van der Waals surface area (Å²) in [6, 6.07) is 0. The van der Waals surface area contributed by atoms with Crippen LogP contribution in [0.15, 0.2) is 0 Å². The van der Waals surface area contributed by atoms with Crippen molar-refractivity contribution in [1.82, 2.24) is 4.90 Å². The van der Waals surface area contributed by atoms with Crippen molar-refractivity contribution in [2.24, 2.45) is 27.6 Å². The number of piperidine rings is 1. The van der Waals surface area contributed by atoms with Crippen LogP contribution in [-0.4, -0.2) is 24.5 Å². The fourth-order valence-electron chi connectivity index (χ4n) is 7.52. The molecule has 3 aliphatic carbocycles. The summed E-state index contributed by atoms with van der Waals surface area (Å²) >= 11 is 0. The Kier molecular flexibility index (Phi) is 4.44. The topological polar surface area (TPSA) is 3.24 Å². The van der Waals surface area contributed by atoms with Gasteiger partial charge in [-0.1, -0.05) is 48.0 Å². The van der Waals surface area contributed by atoms with Crippen molar-refractivity contribution in [2.45, 2.75) is 92.9 Å². The van der Waals surface area contributed by atoms with Gasteiger partial charge in [0.15, 0.2) is 0 Å². The third kappa shape index (κ3) is 3.80. The summed E-state index contributed by atoms with van der Waals surface area (Å²) in [5, 5.41) is 0. The van der Waals surface area contributed by atoms with Crippen LogP contribution in [0, 0.1) is 27.6 Å². The fourth-order valence-corrected chi connectivity index (χ4v) is 7.52. The molecule has 23 heavy (non-hydrogen) atoms. The molecular weight excluding hydrogens is 278 g/mol. The molecule has 2 bridgehead atoms. The second-order valence-corrected chi connectivity index (χ2v) is 11.5. The maximum absolute atomic E-state index is 2.81. The Morgan fingerprint density at radius 3 is 2.30 bits per heavy atom. The lowest BCUT2D eigenvalue weighted by atomic mass is 9.44. The van der Waals surface area contributed by atoms with Crippen molar-refractivity contribution < 1.29 is 0 Å². The minimum atomic E-state index is 0.527. The van der Waals surface area contributed by atoms with E-state index < -0.39 is 0 Å². The van der Waals surface area contributed by atoms with Crippen LogP contribution in [0.5, 0.6) is 0 Å². The first-order valence-electron chi connectivity index (χ1n) is 10.3. The van der Waals surface area contributed by atoms with Crippen molar-refractivity contribution in [3.8, 4) is 0 Å². The second-order valence-electron chi connectivity index (χ2n) is 11.5. The Balaban J connectivity index is 1.70. The minimum absolute atomic E-state index is 0.527. The number of hydrogen-bond donors (Lipinski definition) is 0. The largest absolute Gasteiger partial charge is 0.302 e. The van der Waals surface area contributed by atoms with Gasteiger partial charge in [0, 0.05) is 13.1 Å². The van der Waals surface area contributed by atoms with Crippen LogP contribution in [0.4, 0.5) is 0 Å². The van der Waals surface area contributed by atoms with Crippen molar-refractivity contribution in [1.29, 1.82) is 0 Å². The molecule has 1 heterocycles. The summed E-state index contributed by atoms with van der Waals surface area (Å²) < 4.78 is 0. The Hall–Kier alpha value is -0.0400. The van der Waals surface area contributed by atoms with E-state index in [1.807, 2.05) is 0 Å².